The summed E-state index contributed by atoms with van der Waals surface area (Å²) >= 11 is 6.59. The Labute approximate surface area is 171 Å². The second-order valence-corrected chi connectivity index (χ2v) is 7.77. The number of rotatable bonds is 5. The maximum atomic E-state index is 12.9. The summed E-state index contributed by atoms with van der Waals surface area (Å²) in [7, 11) is 1.36. The normalized spacial score (nSPS) is 15.6. The van der Waals surface area contributed by atoms with Crippen LogP contribution in [0, 0.1) is 13.8 Å². The molecule has 0 saturated carbocycles. The van der Waals surface area contributed by atoms with Crippen LogP contribution in [0.4, 0.5) is 14.5 Å². The number of ether oxygens (including phenoxy) is 2. The van der Waals surface area contributed by atoms with E-state index >= 15 is 0 Å². The van der Waals surface area contributed by atoms with Crippen LogP contribution in [0.25, 0.3) is 6.08 Å². The van der Waals surface area contributed by atoms with Crippen molar-refractivity contribution in [2.45, 2.75) is 20.5 Å². The molecule has 1 aliphatic rings. The van der Waals surface area contributed by atoms with E-state index in [1.54, 1.807) is 12.1 Å². The van der Waals surface area contributed by atoms with Gasteiger partial charge in [0.1, 0.15) is 0 Å². The number of nitrogens with zero attached hydrogens (tertiary/aromatic N) is 1. The van der Waals surface area contributed by atoms with Crippen molar-refractivity contribution in [3.05, 3.63) is 58.0 Å². The van der Waals surface area contributed by atoms with Gasteiger partial charge in [0.25, 0.3) is 5.91 Å². The zero-order valence-corrected chi connectivity index (χ0v) is 17.0. The molecule has 0 radical (unpaired) electrons. The van der Waals surface area contributed by atoms with Gasteiger partial charge in [-0.1, -0.05) is 47.7 Å². The lowest BCUT2D eigenvalue weighted by atomic mass is 10.1. The molecule has 28 heavy (non-hydrogen) atoms. The van der Waals surface area contributed by atoms with Crippen molar-refractivity contribution in [2.75, 3.05) is 12.0 Å². The van der Waals surface area contributed by atoms with Gasteiger partial charge in [-0.15, -0.1) is 0 Å². The highest BCUT2D eigenvalue weighted by Crippen LogP contribution is 2.38. The number of methoxy groups -OCH3 is 1. The van der Waals surface area contributed by atoms with E-state index < -0.39 is 6.61 Å². The molecule has 1 saturated heterocycles. The minimum Gasteiger partial charge on any atom is -0.493 e. The molecule has 1 amide bonds. The number of alkyl halides is 2. The highest BCUT2D eigenvalue weighted by molar-refractivity contribution is 8.27. The first-order chi connectivity index (χ1) is 13.3. The Bertz CT molecular complexity index is 976. The second-order valence-electron chi connectivity index (χ2n) is 6.10. The predicted molar refractivity (Wildman–Crippen MR) is 111 cm³/mol. The lowest BCUT2D eigenvalue weighted by Crippen LogP contribution is -2.28. The molecule has 2 aromatic carbocycles. The van der Waals surface area contributed by atoms with Crippen molar-refractivity contribution in [3.8, 4) is 11.5 Å². The number of carbonyl (C=O) groups excluding carboxylic acids is 1. The Kier molecular flexibility index (Phi) is 6.00. The molecule has 0 aliphatic carbocycles. The monoisotopic (exact) mass is 421 g/mol. The number of carbonyl (C=O) groups is 1. The fourth-order valence-electron chi connectivity index (χ4n) is 2.85. The molecular weight excluding hydrogens is 404 g/mol. The van der Waals surface area contributed by atoms with Crippen molar-refractivity contribution in [1.29, 1.82) is 0 Å². The summed E-state index contributed by atoms with van der Waals surface area (Å²) in [6, 6.07) is 10.3. The average molecular weight is 421 g/mol. The first-order valence-electron chi connectivity index (χ1n) is 8.28. The third-order valence-corrected chi connectivity index (χ3v) is 5.39. The van der Waals surface area contributed by atoms with Crippen LogP contribution < -0.4 is 14.4 Å². The van der Waals surface area contributed by atoms with E-state index in [2.05, 4.69) is 4.74 Å². The number of amides is 1. The van der Waals surface area contributed by atoms with Gasteiger partial charge in [-0.3, -0.25) is 9.69 Å². The third-order valence-electron chi connectivity index (χ3n) is 4.09. The summed E-state index contributed by atoms with van der Waals surface area (Å²) < 4.78 is 34.9. The van der Waals surface area contributed by atoms with Gasteiger partial charge < -0.3 is 9.47 Å². The quantitative estimate of drug-likeness (QED) is 0.483. The van der Waals surface area contributed by atoms with Crippen LogP contribution in [-0.2, 0) is 4.79 Å². The van der Waals surface area contributed by atoms with Gasteiger partial charge in [0.2, 0.25) is 0 Å². The number of hydrogen-bond acceptors (Lipinski definition) is 5. The summed E-state index contributed by atoms with van der Waals surface area (Å²) in [5.74, 6) is -0.148. The number of thioether (sulfide) groups is 1. The van der Waals surface area contributed by atoms with Gasteiger partial charge in [0.05, 0.1) is 17.7 Å². The number of halogens is 2. The molecule has 1 fully saturated rings. The number of aryl methyl sites for hydroxylation is 2. The lowest BCUT2D eigenvalue weighted by Gasteiger charge is -2.17. The number of hydrogen-bond donors (Lipinski definition) is 0. The summed E-state index contributed by atoms with van der Waals surface area (Å²) in [6.07, 6.45) is 1.65. The number of thiocarbonyl (C=S) groups is 1. The molecule has 0 spiro atoms. The molecule has 146 valence electrons. The lowest BCUT2D eigenvalue weighted by molar-refractivity contribution is -0.113. The van der Waals surface area contributed by atoms with Crippen molar-refractivity contribution in [3.63, 3.8) is 0 Å². The minimum absolute atomic E-state index is 0.0718. The Hall–Kier alpha value is -2.45. The molecule has 0 N–H and O–H groups in total. The van der Waals surface area contributed by atoms with Crippen molar-refractivity contribution in [1.82, 2.24) is 0 Å². The van der Waals surface area contributed by atoms with Crippen molar-refractivity contribution in [2.24, 2.45) is 0 Å². The first kappa shape index (κ1) is 20.3. The Balaban J connectivity index is 1.91. The van der Waals surface area contributed by atoms with Gasteiger partial charge in [-0.05, 0) is 49.2 Å². The van der Waals surface area contributed by atoms with Gasteiger partial charge in [0, 0.05) is 0 Å². The van der Waals surface area contributed by atoms with E-state index in [9.17, 15) is 13.6 Å². The molecule has 4 nitrogen and oxygen atoms in total. The highest BCUT2D eigenvalue weighted by atomic mass is 32.2. The molecule has 0 unspecified atom stereocenters. The zero-order chi connectivity index (χ0) is 20.4. The third kappa shape index (κ3) is 4.18. The molecule has 2 aromatic rings. The fraction of sp³-hybridized carbons (Fsp3) is 0.200. The van der Waals surface area contributed by atoms with Gasteiger partial charge in [0.15, 0.2) is 15.8 Å². The largest absolute Gasteiger partial charge is 0.493 e. The summed E-state index contributed by atoms with van der Waals surface area (Å²) in [6.45, 7) is 0.959. The molecule has 0 bridgehead atoms. The van der Waals surface area contributed by atoms with Crippen LogP contribution >= 0.6 is 24.0 Å². The molecule has 1 aliphatic heterocycles. The zero-order valence-electron chi connectivity index (χ0n) is 15.4. The van der Waals surface area contributed by atoms with Crippen LogP contribution in [0.2, 0.25) is 0 Å². The summed E-state index contributed by atoms with van der Waals surface area (Å²) in [5, 5.41) is 0. The van der Waals surface area contributed by atoms with E-state index in [4.69, 9.17) is 17.0 Å². The van der Waals surface area contributed by atoms with Gasteiger partial charge in [-0.25, -0.2) is 0 Å². The summed E-state index contributed by atoms with van der Waals surface area (Å²) in [4.78, 5) is 14.9. The van der Waals surface area contributed by atoms with E-state index in [1.165, 1.54) is 35.9 Å². The highest BCUT2D eigenvalue weighted by Gasteiger charge is 2.34. The van der Waals surface area contributed by atoms with Crippen LogP contribution in [-0.4, -0.2) is 23.9 Å². The SMILES string of the molecule is COc1cc(/C=C2/SC(=S)N(c3ccc(C)cc3C)C2=O)ccc1OC(F)F. The molecule has 0 aromatic heterocycles. The molecule has 1 heterocycles. The van der Waals surface area contributed by atoms with Crippen LogP contribution in [0.3, 0.4) is 0 Å². The molecule has 8 heteroatoms. The van der Waals surface area contributed by atoms with E-state index in [0.717, 1.165) is 16.8 Å². The van der Waals surface area contributed by atoms with Crippen LogP contribution in [0.1, 0.15) is 16.7 Å². The Morgan fingerprint density at radius 3 is 2.54 bits per heavy atom. The second kappa shape index (κ2) is 8.28. The number of anilines is 1. The Morgan fingerprint density at radius 1 is 1.14 bits per heavy atom. The predicted octanol–water partition coefficient (Wildman–Crippen LogP) is 5.32. The van der Waals surface area contributed by atoms with Gasteiger partial charge in [-0.2, -0.15) is 8.78 Å². The van der Waals surface area contributed by atoms with Crippen LogP contribution in [0.15, 0.2) is 41.3 Å². The minimum atomic E-state index is -2.95. The Morgan fingerprint density at radius 2 is 1.89 bits per heavy atom. The number of benzene rings is 2. The smallest absolute Gasteiger partial charge is 0.387 e. The van der Waals surface area contributed by atoms with E-state index in [-0.39, 0.29) is 17.4 Å². The van der Waals surface area contributed by atoms with Crippen molar-refractivity contribution >= 4 is 46.0 Å². The van der Waals surface area contributed by atoms with E-state index in [0.29, 0.717) is 14.8 Å². The maximum Gasteiger partial charge on any atom is 0.387 e. The maximum absolute atomic E-state index is 12.9. The van der Waals surface area contributed by atoms with Gasteiger partial charge >= 0.3 is 6.61 Å². The fourth-order valence-corrected chi connectivity index (χ4v) is 4.14. The molecule has 3 rings (SSSR count). The van der Waals surface area contributed by atoms with Crippen LogP contribution in [0.5, 0.6) is 11.5 Å². The average Bonchev–Trinajstić information content (AvgIpc) is 2.90. The molecule has 0 atom stereocenters. The first-order valence-corrected chi connectivity index (χ1v) is 9.50. The standard InChI is InChI=1S/C20H17F2NO3S2/c1-11-4-6-14(12(2)8-11)23-18(24)17(28-20(23)27)10-13-5-7-15(26-19(21)22)16(9-13)25-3/h4-10,19H,1-3H3/b17-10+. The topological polar surface area (TPSA) is 38.8 Å². The summed E-state index contributed by atoms with van der Waals surface area (Å²) in [5.41, 5.74) is 3.41. The van der Waals surface area contributed by atoms with E-state index in [1.807, 2.05) is 32.0 Å². The van der Waals surface area contributed by atoms with Crippen molar-refractivity contribution < 1.29 is 23.0 Å². The molecular formula is C20H17F2NO3S2.